The molecule has 0 saturated carbocycles. The highest BCUT2D eigenvalue weighted by molar-refractivity contribution is 5.96. The van der Waals surface area contributed by atoms with E-state index in [1.54, 1.807) is 25.1 Å². The highest BCUT2D eigenvalue weighted by Crippen LogP contribution is 2.19. The van der Waals surface area contributed by atoms with Crippen molar-refractivity contribution in [3.8, 4) is 5.75 Å². The first kappa shape index (κ1) is 12.1. The smallest absolute Gasteiger partial charge is 0.251 e. The third-order valence-corrected chi connectivity index (χ3v) is 2.59. The Morgan fingerprint density at radius 3 is 3.06 bits per heavy atom. The Morgan fingerprint density at radius 2 is 2.33 bits per heavy atom. The first-order valence-electron chi connectivity index (χ1n) is 5.50. The maximum Gasteiger partial charge on any atom is 0.251 e. The normalized spacial score (nSPS) is 10.3. The van der Waals surface area contributed by atoms with Crippen LogP contribution in [0, 0.1) is 6.92 Å². The van der Waals surface area contributed by atoms with Crippen LogP contribution >= 0.6 is 0 Å². The lowest BCUT2D eigenvalue weighted by Crippen LogP contribution is -2.26. The summed E-state index contributed by atoms with van der Waals surface area (Å²) < 4.78 is 4.58. The lowest BCUT2D eigenvalue weighted by molar-refractivity contribution is 0.0953. The summed E-state index contributed by atoms with van der Waals surface area (Å²) in [5.74, 6) is 0.427. The van der Waals surface area contributed by atoms with Crippen LogP contribution in [0.5, 0.6) is 5.75 Å². The van der Waals surface area contributed by atoms with Gasteiger partial charge in [-0.2, -0.15) is 4.98 Å². The quantitative estimate of drug-likeness (QED) is 0.843. The zero-order valence-electron chi connectivity index (χ0n) is 9.88. The number of nitrogens with zero attached hydrogens (tertiary/aromatic N) is 2. The summed E-state index contributed by atoms with van der Waals surface area (Å²) in [6.07, 6.45) is 1.75. The fourth-order valence-corrected chi connectivity index (χ4v) is 1.56. The van der Waals surface area contributed by atoms with E-state index in [4.69, 9.17) is 0 Å². The van der Waals surface area contributed by atoms with Gasteiger partial charge in [-0.1, -0.05) is 11.2 Å². The van der Waals surface area contributed by atoms with E-state index in [1.807, 2.05) is 0 Å². The Bertz CT molecular complexity index is 538. The van der Waals surface area contributed by atoms with Crippen LogP contribution in [0.4, 0.5) is 0 Å². The number of aromatic nitrogens is 2. The van der Waals surface area contributed by atoms with Crippen LogP contribution in [0.3, 0.4) is 0 Å². The van der Waals surface area contributed by atoms with Crippen LogP contribution in [0.1, 0.15) is 21.7 Å². The molecule has 1 heterocycles. The molecule has 6 heteroatoms. The van der Waals surface area contributed by atoms with Crippen molar-refractivity contribution in [3.05, 3.63) is 41.5 Å². The van der Waals surface area contributed by atoms with E-state index in [0.29, 0.717) is 29.9 Å². The summed E-state index contributed by atoms with van der Waals surface area (Å²) in [5, 5.41) is 15.9. The minimum Gasteiger partial charge on any atom is -0.508 e. The predicted octanol–water partition coefficient (Wildman–Crippen LogP) is 1.06. The predicted molar refractivity (Wildman–Crippen MR) is 63.2 cm³/mol. The van der Waals surface area contributed by atoms with Gasteiger partial charge >= 0.3 is 0 Å². The summed E-state index contributed by atoms with van der Waals surface area (Å²) in [6.45, 7) is 2.11. The van der Waals surface area contributed by atoms with E-state index >= 15 is 0 Å². The third-order valence-electron chi connectivity index (χ3n) is 2.59. The molecular weight excluding hydrogens is 234 g/mol. The molecule has 0 radical (unpaired) electrons. The van der Waals surface area contributed by atoms with Gasteiger partial charge in [-0.05, 0) is 19.1 Å². The van der Waals surface area contributed by atoms with Gasteiger partial charge in [0.05, 0.1) is 0 Å². The largest absolute Gasteiger partial charge is 0.508 e. The van der Waals surface area contributed by atoms with Gasteiger partial charge in [-0.25, -0.2) is 0 Å². The van der Waals surface area contributed by atoms with E-state index in [9.17, 15) is 9.90 Å². The molecule has 2 rings (SSSR count). The number of nitrogens with one attached hydrogen (secondary N) is 1. The second-order valence-corrected chi connectivity index (χ2v) is 3.80. The number of benzene rings is 1. The SMILES string of the molecule is Cc1c(O)cccc1C(=O)NCCc1ncon1. The van der Waals surface area contributed by atoms with Crippen molar-refractivity contribution in [2.24, 2.45) is 0 Å². The van der Waals surface area contributed by atoms with Gasteiger partial charge in [-0.3, -0.25) is 4.79 Å². The lowest BCUT2D eigenvalue weighted by Gasteiger charge is -2.07. The summed E-state index contributed by atoms with van der Waals surface area (Å²) in [5.41, 5.74) is 1.03. The number of phenolic OH excluding ortho intramolecular Hbond substituents is 1. The summed E-state index contributed by atoms with van der Waals surface area (Å²) in [7, 11) is 0. The van der Waals surface area contributed by atoms with Crippen molar-refractivity contribution in [1.82, 2.24) is 15.5 Å². The molecule has 0 saturated heterocycles. The van der Waals surface area contributed by atoms with Crippen LogP contribution < -0.4 is 5.32 Å². The van der Waals surface area contributed by atoms with Gasteiger partial charge in [-0.15, -0.1) is 0 Å². The van der Waals surface area contributed by atoms with Crippen molar-refractivity contribution in [2.75, 3.05) is 6.54 Å². The standard InChI is InChI=1S/C12H13N3O3/c1-8-9(3-2-4-10(8)16)12(17)13-6-5-11-14-7-18-15-11/h2-4,7,16H,5-6H2,1H3,(H,13,17). The molecule has 2 N–H and O–H groups in total. The second kappa shape index (κ2) is 5.31. The van der Waals surface area contributed by atoms with Crippen LogP contribution in [0.25, 0.3) is 0 Å². The number of amides is 1. The topological polar surface area (TPSA) is 88.2 Å². The number of carbonyl (C=O) groups excluding carboxylic acids is 1. The molecule has 0 spiro atoms. The average molecular weight is 247 g/mol. The highest BCUT2D eigenvalue weighted by atomic mass is 16.5. The minimum absolute atomic E-state index is 0.112. The molecule has 6 nitrogen and oxygen atoms in total. The Kier molecular flexibility index (Phi) is 3.57. The molecule has 0 fully saturated rings. The molecular formula is C12H13N3O3. The molecule has 0 aliphatic carbocycles. The Labute approximate surface area is 104 Å². The van der Waals surface area contributed by atoms with Gasteiger partial charge in [0.25, 0.3) is 5.91 Å². The number of phenols is 1. The second-order valence-electron chi connectivity index (χ2n) is 3.80. The molecule has 0 atom stereocenters. The van der Waals surface area contributed by atoms with Gasteiger partial charge in [0.2, 0.25) is 6.39 Å². The third kappa shape index (κ3) is 2.65. The molecule has 1 amide bonds. The van der Waals surface area contributed by atoms with Crippen molar-refractivity contribution in [1.29, 1.82) is 0 Å². The van der Waals surface area contributed by atoms with E-state index in [2.05, 4.69) is 20.0 Å². The molecule has 1 aromatic carbocycles. The molecule has 18 heavy (non-hydrogen) atoms. The minimum atomic E-state index is -0.230. The van der Waals surface area contributed by atoms with E-state index in [0.717, 1.165) is 0 Å². The maximum atomic E-state index is 11.9. The maximum absolute atomic E-state index is 11.9. The van der Waals surface area contributed by atoms with Crippen molar-refractivity contribution >= 4 is 5.91 Å². The lowest BCUT2D eigenvalue weighted by atomic mass is 10.1. The molecule has 0 aliphatic rings. The fraction of sp³-hybridized carbons (Fsp3) is 0.250. The van der Waals surface area contributed by atoms with Crippen LogP contribution in [0.15, 0.2) is 29.1 Å². The van der Waals surface area contributed by atoms with Gasteiger partial charge in [0, 0.05) is 24.1 Å². The number of hydrogen-bond acceptors (Lipinski definition) is 5. The Morgan fingerprint density at radius 1 is 1.50 bits per heavy atom. The highest BCUT2D eigenvalue weighted by Gasteiger charge is 2.10. The first-order valence-corrected chi connectivity index (χ1v) is 5.50. The fourth-order valence-electron chi connectivity index (χ4n) is 1.56. The van der Waals surface area contributed by atoms with Gasteiger partial charge in [0.15, 0.2) is 5.82 Å². The van der Waals surface area contributed by atoms with Crippen molar-refractivity contribution in [2.45, 2.75) is 13.3 Å². The average Bonchev–Trinajstić information content (AvgIpc) is 2.85. The van der Waals surface area contributed by atoms with Crippen LogP contribution in [0.2, 0.25) is 0 Å². The Hall–Kier alpha value is -2.37. The summed E-state index contributed by atoms with van der Waals surface area (Å²) in [6, 6.07) is 4.85. The van der Waals surface area contributed by atoms with E-state index in [1.165, 1.54) is 6.39 Å². The molecule has 0 bridgehead atoms. The number of rotatable bonds is 4. The van der Waals surface area contributed by atoms with Crippen LogP contribution in [-0.4, -0.2) is 27.7 Å². The zero-order valence-corrected chi connectivity index (χ0v) is 9.88. The first-order chi connectivity index (χ1) is 8.68. The number of carbonyl (C=O) groups is 1. The summed E-state index contributed by atoms with van der Waals surface area (Å²) >= 11 is 0. The van der Waals surface area contributed by atoms with E-state index < -0.39 is 0 Å². The van der Waals surface area contributed by atoms with Crippen molar-refractivity contribution < 1.29 is 14.4 Å². The molecule has 0 unspecified atom stereocenters. The van der Waals surface area contributed by atoms with Gasteiger partial charge < -0.3 is 14.9 Å². The Balaban J connectivity index is 1.93. The monoisotopic (exact) mass is 247 g/mol. The van der Waals surface area contributed by atoms with E-state index in [-0.39, 0.29) is 11.7 Å². The number of aromatic hydroxyl groups is 1. The molecule has 94 valence electrons. The van der Waals surface area contributed by atoms with Crippen LogP contribution in [-0.2, 0) is 6.42 Å². The van der Waals surface area contributed by atoms with Crippen molar-refractivity contribution in [3.63, 3.8) is 0 Å². The molecule has 0 aliphatic heterocycles. The zero-order chi connectivity index (χ0) is 13.0. The van der Waals surface area contributed by atoms with Gasteiger partial charge in [0.1, 0.15) is 5.75 Å². The summed E-state index contributed by atoms with van der Waals surface area (Å²) in [4.78, 5) is 15.7. The number of hydrogen-bond donors (Lipinski definition) is 2. The molecule has 2 aromatic rings. The molecule has 1 aromatic heterocycles.